The number of hydrogen-bond acceptors (Lipinski definition) is 3. The summed E-state index contributed by atoms with van der Waals surface area (Å²) in [7, 11) is 0. The fraction of sp³-hybridized carbons (Fsp3) is 0.167. The van der Waals surface area contributed by atoms with Crippen molar-refractivity contribution in [1.29, 1.82) is 0 Å². The van der Waals surface area contributed by atoms with Crippen molar-refractivity contribution in [3.8, 4) is 11.1 Å². The monoisotopic (exact) mass is 373 g/mol. The van der Waals surface area contributed by atoms with Crippen LogP contribution < -0.4 is 5.32 Å². The van der Waals surface area contributed by atoms with Crippen LogP contribution in [0.15, 0.2) is 84.9 Å². The van der Waals surface area contributed by atoms with E-state index in [0.717, 1.165) is 22.3 Å². The molecule has 1 atom stereocenters. The van der Waals surface area contributed by atoms with Gasteiger partial charge in [0.2, 0.25) is 0 Å². The SMILES string of the molecule is C[C@H](NC(=O)COC(=O)Cc1ccc(-c2ccccc2)cc1)c1ccccc1. The standard InChI is InChI=1S/C24H23NO3/c1-18(20-8-4-2-5-9-20)25-23(26)17-28-24(27)16-19-12-14-22(15-13-19)21-10-6-3-7-11-21/h2-15,18H,16-17H2,1H3,(H,25,26)/t18-/m0/s1. The fourth-order valence-corrected chi connectivity index (χ4v) is 2.92. The highest BCUT2D eigenvalue weighted by molar-refractivity contribution is 5.81. The Bertz CT molecular complexity index is 906. The van der Waals surface area contributed by atoms with Crippen molar-refractivity contribution in [2.45, 2.75) is 19.4 Å². The van der Waals surface area contributed by atoms with Crippen LogP contribution in [-0.2, 0) is 20.7 Å². The Balaban J connectivity index is 1.46. The normalized spacial score (nSPS) is 11.5. The summed E-state index contributed by atoms with van der Waals surface area (Å²) in [5.74, 6) is -0.737. The Hall–Kier alpha value is -3.40. The van der Waals surface area contributed by atoms with Gasteiger partial charge in [-0.15, -0.1) is 0 Å². The number of carbonyl (C=O) groups excluding carboxylic acids is 2. The van der Waals surface area contributed by atoms with Crippen molar-refractivity contribution in [1.82, 2.24) is 5.32 Å². The molecule has 0 aliphatic heterocycles. The average Bonchev–Trinajstić information content (AvgIpc) is 2.74. The van der Waals surface area contributed by atoms with Crippen LogP contribution in [-0.4, -0.2) is 18.5 Å². The summed E-state index contributed by atoms with van der Waals surface area (Å²) in [5.41, 5.74) is 4.07. The van der Waals surface area contributed by atoms with E-state index in [0.29, 0.717) is 0 Å². The predicted molar refractivity (Wildman–Crippen MR) is 110 cm³/mol. The van der Waals surface area contributed by atoms with Crippen LogP contribution in [0.1, 0.15) is 24.1 Å². The molecule has 0 aliphatic rings. The lowest BCUT2D eigenvalue weighted by Crippen LogP contribution is -2.31. The van der Waals surface area contributed by atoms with Crippen molar-refractivity contribution in [3.05, 3.63) is 96.1 Å². The number of hydrogen-bond donors (Lipinski definition) is 1. The van der Waals surface area contributed by atoms with Gasteiger partial charge in [0.05, 0.1) is 12.5 Å². The van der Waals surface area contributed by atoms with Crippen molar-refractivity contribution < 1.29 is 14.3 Å². The van der Waals surface area contributed by atoms with Gasteiger partial charge in [-0.2, -0.15) is 0 Å². The van der Waals surface area contributed by atoms with Crippen molar-refractivity contribution in [2.75, 3.05) is 6.61 Å². The molecule has 4 nitrogen and oxygen atoms in total. The molecule has 0 aliphatic carbocycles. The molecule has 0 aromatic heterocycles. The highest BCUT2D eigenvalue weighted by Crippen LogP contribution is 2.19. The highest BCUT2D eigenvalue weighted by Gasteiger charge is 2.12. The second-order valence-electron chi connectivity index (χ2n) is 6.60. The van der Waals surface area contributed by atoms with Crippen LogP contribution in [0.5, 0.6) is 0 Å². The predicted octanol–water partition coefficient (Wildman–Crippen LogP) is 4.32. The molecule has 0 saturated carbocycles. The van der Waals surface area contributed by atoms with E-state index in [1.807, 2.05) is 91.9 Å². The van der Waals surface area contributed by atoms with Gasteiger partial charge < -0.3 is 10.1 Å². The van der Waals surface area contributed by atoms with Crippen LogP contribution >= 0.6 is 0 Å². The van der Waals surface area contributed by atoms with Crippen molar-refractivity contribution in [3.63, 3.8) is 0 Å². The second-order valence-corrected chi connectivity index (χ2v) is 6.60. The van der Waals surface area contributed by atoms with Crippen LogP contribution in [0.25, 0.3) is 11.1 Å². The third kappa shape index (κ3) is 5.55. The number of nitrogens with one attached hydrogen (secondary N) is 1. The summed E-state index contributed by atoms with van der Waals surface area (Å²) in [6.07, 6.45) is 0.136. The van der Waals surface area contributed by atoms with E-state index in [4.69, 9.17) is 4.74 Å². The highest BCUT2D eigenvalue weighted by atomic mass is 16.5. The summed E-state index contributed by atoms with van der Waals surface area (Å²) in [6, 6.07) is 27.3. The summed E-state index contributed by atoms with van der Waals surface area (Å²) < 4.78 is 5.11. The molecule has 3 aromatic rings. The smallest absolute Gasteiger partial charge is 0.310 e. The summed E-state index contributed by atoms with van der Waals surface area (Å²) in [6.45, 7) is 1.61. The van der Waals surface area contributed by atoms with Crippen molar-refractivity contribution in [2.24, 2.45) is 0 Å². The number of benzene rings is 3. The van der Waals surface area contributed by atoms with Crippen LogP contribution in [0.3, 0.4) is 0 Å². The van der Waals surface area contributed by atoms with Crippen LogP contribution in [0, 0.1) is 0 Å². The largest absolute Gasteiger partial charge is 0.455 e. The van der Waals surface area contributed by atoms with Gasteiger partial charge in [-0.05, 0) is 29.2 Å². The first-order valence-corrected chi connectivity index (χ1v) is 9.26. The fourth-order valence-electron chi connectivity index (χ4n) is 2.92. The topological polar surface area (TPSA) is 55.4 Å². The lowest BCUT2D eigenvalue weighted by molar-refractivity contribution is -0.148. The molecule has 3 aromatic carbocycles. The number of esters is 1. The quantitative estimate of drug-likeness (QED) is 0.628. The average molecular weight is 373 g/mol. The van der Waals surface area contributed by atoms with Crippen LogP contribution in [0.2, 0.25) is 0 Å². The first kappa shape index (κ1) is 19.4. The van der Waals surface area contributed by atoms with Gasteiger partial charge in [0, 0.05) is 0 Å². The molecule has 0 unspecified atom stereocenters. The number of ether oxygens (including phenoxy) is 1. The van der Waals surface area contributed by atoms with Gasteiger partial charge in [-0.3, -0.25) is 9.59 Å². The Morgan fingerprint density at radius 1 is 0.821 bits per heavy atom. The molecule has 0 heterocycles. The summed E-state index contributed by atoms with van der Waals surface area (Å²) >= 11 is 0. The minimum atomic E-state index is -0.421. The maximum Gasteiger partial charge on any atom is 0.310 e. The maximum absolute atomic E-state index is 12.0. The van der Waals surface area contributed by atoms with Crippen molar-refractivity contribution >= 4 is 11.9 Å². The lowest BCUT2D eigenvalue weighted by atomic mass is 10.0. The molecule has 1 amide bonds. The zero-order valence-electron chi connectivity index (χ0n) is 15.8. The van der Waals surface area contributed by atoms with Gasteiger partial charge in [0.1, 0.15) is 0 Å². The van der Waals surface area contributed by atoms with E-state index in [9.17, 15) is 9.59 Å². The number of carbonyl (C=O) groups is 2. The molecule has 4 heteroatoms. The maximum atomic E-state index is 12.0. The lowest BCUT2D eigenvalue weighted by Gasteiger charge is -2.14. The van der Waals surface area contributed by atoms with Gasteiger partial charge in [0.25, 0.3) is 5.91 Å². The molecule has 28 heavy (non-hydrogen) atoms. The molecule has 0 radical (unpaired) electrons. The minimum absolute atomic E-state index is 0.136. The number of rotatable bonds is 7. The van der Waals surface area contributed by atoms with E-state index in [1.165, 1.54) is 0 Å². The Morgan fingerprint density at radius 3 is 2.04 bits per heavy atom. The summed E-state index contributed by atoms with van der Waals surface area (Å²) in [5, 5.41) is 2.82. The van der Waals surface area contributed by atoms with E-state index in [-0.39, 0.29) is 25.0 Å². The molecule has 3 rings (SSSR count). The third-order valence-electron chi connectivity index (χ3n) is 4.45. The van der Waals surface area contributed by atoms with Gasteiger partial charge in [0.15, 0.2) is 6.61 Å². The molecular formula is C24H23NO3. The molecule has 142 valence electrons. The van der Waals surface area contributed by atoms with E-state index in [1.54, 1.807) is 0 Å². The molecule has 1 N–H and O–H groups in total. The Labute approximate surface area is 165 Å². The van der Waals surface area contributed by atoms with Gasteiger partial charge >= 0.3 is 5.97 Å². The van der Waals surface area contributed by atoms with Crippen LogP contribution in [0.4, 0.5) is 0 Å². The van der Waals surface area contributed by atoms with E-state index in [2.05, 4.69) is 5.32 Å². The van der Waals surface area contributed by atoms with E-state index >= 15 is 0 Å². The van der Waals surface area contributed by atoms with E-state index < -0.39 is 5.97 Å². The second kappa shape index (κ2) is 9.51. The zero-order valence-corrected chi connectivity index (χ0v) is 15.8. The molecular weight excluding hydrogens is 350 g/mol. The molecule has 0 bridgehead atoms. The Kier molecular flexibility index (Phi) is 6.58. The Morgan fingerprint density at radius 2 is 1.39 bits per heavy atom. The first-order valence-electron chi connectivity index (χ1n) is 9.26. The van der Waals surface area contributed by atoms with Gasteiger partial charge in [-0.1, -0.05) is 84.9 Å². The van der Waals surface area contributed by atoms with Gasteiger partial charge in [-0.25, -0.2) is 0 Å². The third-order valence-corrected chi connectivity index (χ3v) is 4.45. The number of amides is 1. The minimum Gasteiger partial charge on any atom is -0.455 e. The molecule has 0 spiro atoms. The molecule has 0 saturated heterocycles. The summed E-state index contributed by atoms with van der Waals surface area (Å²) in [4.78, 5) is 24.0. The zero-order chi connectivity index (χ0) is 19.8. The first-order chi connectivity index (χ1) is 13.6. The molecule has 0 fully saturated rings.